The summed E-state index contributed by atoms with van der Waals surface area (Å²) in [6.07, 6.45) is 2.75. The van der Waals surface area contributed by atoms with Crippen LogP contribution in [-0.2, 0) is 17.7 Å². The maximum absolute atomic E-state index is 12.6. The number of pyridine rings is 1. The monoisotopic (exact) mass is 315 g/mol. The summed E-state index contributed by atoms with van der Waals surface area (Å²) in [4.78, 5) is 24.8. The fraction of sp³-hybridized carbons (Fsp3) is 0.312. The molecule has 0 unspecified atom stereocenters. The number of hydrogen-bond donors (Lipinski definition) is 2. The third kappa shape index (κ3) is 2.54. The van der Waals surface area contributed by atoms with E-state index in [4.69, 9.17) is 4.74 Å². The molecule has 0 spiro atoms. The number of aromatic nitrogens is 1. The highest BCUT2D eigenvalue weighted by Crippen LogP contribution is 2.31. The van der Waals surface area contributed by atoms with Gasteiger partial charge in [0.15, 0.2) is 6.40 Å². The van der Waals surface area contributed by atoms with E-state index < -0.39 is 11.5 Å². The molecule has 7 heteroatoms. The van der Waals surface area contributed by atoms with Crippen molar-refractivity contribution in [2.45, 2.75) is 26.3 Å². The molecule has 2 aromatic rings. The second-order valence-corrected chi connectivity index (χ2v) is 5.23. The molecule has 0 radical (unpaired) electrons. The number of carbonyl (C=O) groups excluding carboxylic acids is 1. The number of aromatic hydroxyl groups is 1. The zero-order chi connectivity index (χ0) is 16.4. The number of hydrazone groups is 1. The Bertz CT molecular complexity index is 855. The number of aryl methyl sites for hydroxylation is 2. The zero-order valence-electron chi connectivity index (χ0n) is 12.7. The molecule has 1 aromatic heterocycles. The third-order valence-corrected chi connectivity index (χ3v) is 3.86. The summed E-state index contributed by atoms with van der Waals surface area (Å²) in [5, 5.41) is 14.5. The first-order chi connectivity index (χ1) is 11.1. The van der Waals surface area contributed by atoms with Crippen LogP contribution in [0.25, 0.3) is 10.9 Å². The lowest BCUT2D eigenvalue weighted by atomic mass is 9.99. The van der Waals surface area contributed by atoms with Gasteiger partial charge in [0.05, 0.1) is 12.1 Å². The lowest BCUT2D eigenvalue weighted by molar-refractivity contribution is 0.0949. The van der Waals surface area contributed by atoms with Gasteiger partial charge in [-0.2, -0.15) is 0 Å². The van der Waals surface area contributed by atoms with Crippen LogP contribution in [0.5, 0.6) is 5.75 Å². The van der Waals surface area contributed by atoms with Crippen LogP contribution in [0.1, 0.15) is 29.3 Å². The van der Waals surface area contributed by atoms with E-state index in [2.05, 4.69) is 10.5 Å². The van der Waals surface area contributed by atoms with Crippen LogP contribution in [-0.4, -0.2) is 28.6 Å². The summed E-state index contributed by atoms with van der Waals surface area (Å²) in [6, 6.07) is 5.45. The third-order valence-electron chi connectivity index (χ3n) is 3.86. The number of benzene rings is 1. The van der Waals surface area contributed by atoms with Gasteiger partial charge < -0.3 is 14.4 Å². The normalized spacial score (nSPS) is 13.4. The molecule has 0 fully saturated rings. The average Bonchev–Trinajstić information content (AvgIpc) is 2.56. The summed E-state index contributed by atoms with van der Waals surface area (Å²) >= 11 is 0. The van der Waals surface area contributed by atoms with Crippen LogP contribution in [0.15, 0.2) is 28.1 Å². The average molecular weight is 315 g/mol. The van der Waals surface area contributed by atoms with E-state index in [0.717, 1.165) is 24.8 Å². The molecule has 1 aliphatic heterocycles. The summed E-state index contributed by atoms with van der Waals surface area (Å²) in [5.41, 5.74) is 3.09. The van der Waals surface area contributed by atoms with Gasteiger partial charge in [0.1, 0.15) is 11.3 Å². The maximum atomic E-state index is 12.6. The first-order valence-corrected chi connectivity index (χ1v) is 7.46. The van der Waals surface area contributed by atoms with Gasteiger partial charge in [-0.3, -0.25) is 9.59 Å². The highest BCUT2D eigenvalue weighted by Gasteiger charge is 2.24. The Morgan fingerprint density at radius 3 is 3.13 bits per heavy atom. The molecular formula is C16H17N3O4. The van der Waals surface area contributed by atoms with Gasteiger partial charge >= 0.3 is 0 Å². The van der Waals surface area contributed by atoms with Crippen LogP contribution in [0.4, 0.5) is 0 Å². The first kappa shape index (κ1) is 15.1. The van der Waals surface area contributed by atoms with Crippen molar-refractivity contribution in [3.05, 3.63) is 39.7 Å². The van der Waals surface area contributed by atoms with Gasteiger partial charge in [0.2, 0.25) is 0 Å². The smallest absolute Gasteiger partial charge is 0.280 e. The quantitative estimate of drug-likeness (QED) is 0.506. The van der Waals surface area contributed by atoms with Crippen LogP contribution < -0.4 is 11.0 Å². The minimum atomic E-state index is -0.759. The van der Waals surface area contributed by atoms with Gasteiger partial charge in [0, 0.05) is 11.9 Å². The number of para-hydroxylation sites is 1. The molecule has 0 bridgehead atoms. The van der Waals surface area contributed by atoms with Crippen molar-refractivity contribution in [1.82, 2.24) is 9.99 Å². The van der Waals surface area contributed by atoms with E-state index in [0.29, 0.717) is 24.1 Å². The summed E-state index contributed by atoms with van der Waals surface area (Å²) < 4.78 is 6.42. The van der Waals surface area contributed by atoms with Crippen LogP contribution in [0.3, 0.4) is 0 Å². The SMILES string of the molecule is CCOC=NNC(=O)c1c(O)c2cccc3c2n(c1=O)CCC3. The fourth-order valence-corrected chi connectivity index (χ4v) is 2.87. The summed E-state index contributed by atoms with van der Waals surface area (Å²) in [5.74, 6) is -1.07. The molecule has 1 amide bonds. The molecule has 7 nitrogen and oxygen atoms in total. The highest BCUT2D eigenvalue weighted by molar-refractivity contribution is 6.03. The van der Waals surface area contributed by atoms with Crippen LogP contribution >= 0.6 is 0 Å². The van der Waals surface area contributed by atoms with E-state index in [9.17, 15) is 14.7 Å². The molecule has 1 aromatic carbocycles. The van der Waals surface area contributed by atoms with Gasteiger partial charge in [-0.25, -0.2) is 5.43 Å². The van der Waals surface area contributed by atoms with E-state index in [-0.39, 0.29) is 11.3 Å². The Morgan fingerprint density at radius 1 is 1.52 bits per heavy atom. The first-order valence-electron chi connectivity index (χ1n) is 7.46. The Balaban J connectivity index is 2.12. The molecule has 3 rings (SSSR count). The lowest BCUT2D eigenvalue weighted by Gasteiger charge is -2.21. The van der Waals surface area contributed by atoms with Crippen molar-refractivity contribution >= 4 is 23.2 Å². The molecule has 2 heterocycles. The van der Waals surface area contributed by atoms with Crippen molar-refractivity contribution < 1.29 is 14.6 Å². The molecule has 0 saturated heterocycles. The van der Waals surface area contributed by atoms with Crippen molar-refractivity contribution in [2.75, 3.05) is 6.61 Å². The molecular weight excluding hydrogens is 298 g/mol. The molecule has 1 aliphatic rings. The lowest BCUT2D eigenvalue weighted by Crippen LogP contribution is -2.33. The highest BCUT2D eigenvalue weighted by atomic mass is 16.5. The minimum absolute atomic E-state index is 0.301. The molecule has 0 saturated carbocycles. The van der Waals surface area contributed by atoms with E-state index in [1.165, 1.54) is 0 Å². The van der Waals surface area contributed by atoms with Crippen LogP contribution in [0.2, 0.25) is 0 Å². The Morgan fingerprint density at radius 2 is 2.35 bits per heavy atom. The second kappa shape index (κ2) is 6.12. The van der Waals surface area contributed by atoms with Crippen molar-refractivity contribution in [2.24, 2.45) is 5.10 Å². The molecule has 0 aliphatic carbocycles. The number of rotatable bonds is 4. The number of nitrogens with one attached hydrogen (secondary N) is 1. The molecule has 120 valence electrons. The second-order valence-electron chi connectivity index (χ2n) is 5.23. The Hall–Kier alpha value is -2.83. The van der Waals surface area contributed by atoms with E-state index >= 15 is 0 Å². The topological polar surface area (TPSA) is 92.9 Å². The number of nitrogens with zero attached hydrogens (tertiary/aromatic N) is 2. The molecule has 0 atom stereocenters. The standard InChI is InChI=1S/C16H17N3O4/c1-2-23-9-17-18-15(21)12-14(20)11-7-3-5-10-6-4-8-19(13(10)11)16(12)22/h3,5,7,9,20H,2,4,6,8H2,1H3,(H,18,21). The van der Waals surface area contributed by atoms with Gasteiger partial charge in [-0.1, -0.05) is 12.1 Å². The molecule has 2 N–H and O–H groups in total. The minimum Gasteiger partial charge on any atom is -0.506 e. The predicted octanol–water partition coefficient (Wildman–Crippen LogP) is 1.36. The number of hydrogen-bond acceptors (Lipinski definition) is 5. The van der Waals surface area contributed by atoms with E-state index in [1.807, 2.05) is 12.1 Å². The fourth-order valence-electron chi connectivity index (χ4n) is 2.87. The Labute approximate surface area is 132 Å². The number of carbonyl (C=O) groups is 1. The summed E-state index contributed by atoms with van der Waals surface area (Å²) in [6.45, 7) is 2.71. The van der Waals surface area contributed by atoms with Gasteiger partial charge in [0.25, 0.3) is 11.5 Å². The predicted molar refractivity (Wildman–Crippen MR) is 85.8 cm³/mol. The summed E-state index contributed by atoms with van der Waals surface area (Å²) in [7, 11) is 0. The van der Waals surface area contributed by atoms with Crippen molar-refractivity contribution in [3.63, 3.8) is 0 Å². The number of amides is 1. The van der Waals surface area contributed by atoms with E-state index in [1.54, 1.807) is 17.6 Å². The molecule has 23 heavy (non-hydrogen) atoms. The largest absolute Gasteiger partial charge is 0.506 e. The van der Waals surface area contributed by atoms with Gasteiger partial charge in [-0.05, 0) is 31.4 Å². The zero-order valence-corrected chi connectivity index (χ0v) is 12.7. The van der Waals surface area contributed by atoms with Crippen molar-refractivity contribution in [3.8, 4) is 5.75 Å². The van der Waals surface area contributed by atoms with Crippen molar-refractivity contribution in [1.29, 1.82) is 0 Å². The number of ether oxygens (including phenoxy) is 1. The van der Waals surface area contributed by atoms with Crippen LogP contribution in [0, 0.1) is 0 Å². The van der Waals surface area contributed by atoms with Gasteiger partial charge in [-0.15, -0.1) is 5.10 Å². The maximum Gasteiger partial charge on any atom is 0.280 e. The Kier molecular flexibility index (Phi) is 4.01.